The Balaban J connectivity index is 1.45. The molecule has 6 nitrogen and oxygen atoms in total. The molecular formula is C27H33F4N3O3S. The van der Waals surface area contributed by atoms with Crippen LogP contribution in [0.5, 0.6) is 0 Å². The number of nitrogens with zero attached hydrogens (tertiary/aromatic N) is 1. The minimum absolute atomic E-state index is 0.0337. The van der Waals surface area contributed by atoms with Crippen LogP contribution >= 0.6 is 0 Å². The van der Waals surface area contributed by atoms with Crippen molar-refractivity contribution >= 4 is 21.6 Å². The summed E-state index contributed by atoms with van der Waals surface area (Å²) in [6.45, 7) is 1.65. The fourth-order valence-electron chi connectivity index (χ4n) is 5.28. The lowest BCUT2D eigenvalue weighted by atomic mass is 9.84. The number of alkyl halides is 4. The molecule has 2 N–H and O–H groups in total. The Labute approximate surface area is 220 Å². The third-order valence-electron chi connectivity index (χ3n) is 7.48. The van der Waals surface area contributed by atoms with Crippen molar-refractivity contribution in [2.75, 3.05) is 11.3 Å². The van der Waals surface area contributed by atoms with Gasteiger partial charge in [-0.25, -0.2) is 12.8 Å². The van der Waals surface area contributed by atoms with Crippen LogP contribution in [-0.2, 0) is 34.3 Å². The summed E-state index contributed by atoms with van der Waals surface area (Å²) >= 11 is 0. The summed E-state index contributed by atoms with van der Waals surface area (Å²) in [4.78, 5) is 12.2. The van der Waals surface area contributed by atoms with Crippen molar-refractivity contribution in [3.63, 3.8) is 0 Å². The number of hydrogen-bond donors (Lipinski definition) is 2. The van der Waals surface area contributed by atoms with Crippen molar-refractivity contribution in [1.82, 2.24) is 10.2 Å². The highest BCUT2D eigenvalue weighted by molar-refractivity contribution is 7.92. The number of fused-ring (bicyclic) bond motifs is 1. The Morgan fingerprint density at radius 2 is 1.79 bits per heavy atom. The van der Waals surface area contributed by atoms with Gasteiger partial charge in [0, 0.05) is 25.7 Å². The summed E-state index contributed by atoms with van der Waals surface area (Å²) < 4.78 is 82.7. The van der Waals surface area contributed by atoms with E-state index >= 15 is 0 Å². The molecule has 208 valence electrons. The van der Waals surface area contributed by atoms with E-state index < -0.39 is 34.3 Å². The molecule has 2 aromatic carbocycles. The number of rotatable bonds is 8. The van der Waals surface area contributed by atoms with Gasteiger partial charge in [-0.2, -0.15) is 13.2 Å². The first-order valence-electron chi connectivity index (χ1n) is 12.9. The molecule has 1 amide bonds. The van der Waals surface area contributed by atoms with Crippen LogP contribution in [0.3, 0.4) is 0 Å². The zero-order chi connectivity index (χ0) is 27.5. The van der Waals surface area contributed by atoms with Crippen molar-refractivity contribution in [2.45, 2.75) is 81.8 Å². The molecule has 1 fully saturated rings. The largest absolute Gasteiger partial charge is 0.471 e. The van der Waals surface area contributed by atoms with Gasteiger partial charge in [-0.3, -0.25) is 9.52 Å². The van der Waals surface area contributed by atoms with Gasteiger partial charge in [-0.15, -0.1) is 0 Å². The number of para-hydroxylation sites is 1. The summed E-state index contributed by atoms with van der Waals surface area (Å²) in [5, 5.41) is 3.19. The molecule has 0 radical (unpaired) electrons. The second-order valence-electron chi connectivity index (χ2n) is 10.2. The monoisotopic (exact) mass is 555 g/mol. The first-order valence-corrected chi connectivity index (χ1v) is 14.4. The maximum Gasteiger partial charge on any atom is 0.471 e. The van der Waals surface area contributed by atoms with Crippen LogP contribution in [-0.4, -0.2) is 44.2 Å². The van der Waals surface area contributed by atoms with Crippen molar-refractivity contribution in [3.8, 4) is 0 Å². The minimum atomic E-state index is -4.99. The van der Waals surface area contributed by atoms with E-state index in [9.17, 15) is 30.8 Å². The number of hydrogen-bond acceptors (Lipinski definition) is 4. The van der Waals surface area contributed by atoms with Crippen LogP contribution < -0.4 is 10.0 Å². The number of carbonyl (C=O) groups is 1. The van der Waals surface area contributed by atoms with Crippen LogP contribution in [0.15, 0.2) is 47.4 Å². The molecule has 38 heavy (non-hydrogen) atoms. The van der Waals surface area contributed by atoms with E-state index in [2.05, 4.69) is 10.0 Å². The van der Waals surface area contributed by atoms with Crippen molar-refractivity contribution in [2.24, 2.45) is 5.92 Å². The molecule has 0 aromatic heterocycles. The third kappa shape index (κ3) is 6.66. The van der Waals surface area contributed by atoms with Gasteiger partial charge in [0.05, 0.1) is 10.6 Å². The molecule has 2 unspecified atom stereocenters. The lowest BCUT2D eigenvalue weighted by molar-refractivity contribution is -0.186. The quantitative estimate of drug-likeness (QED) is 0.432. The molecular weight excluding hydrogens is 522 g/mol. The Morgan fingerprint density at radius 3 is 2.50 bits per heavy atom. The molecule has 1 saturated carbocycles. The molecule has 0 spiro atoms. The summed E-state index contributed by atoms with van der Waals surface area (Å²) in [5.41, 5.74) is 2.02. The Kier molecular flexibility index (Phi) is 8.66. The first kappa shape index (κ1) is 28.4. The molecule has 2 atom stereocenters. The predicted molar refractivity (Wildman–Crippen MR) is 137 cm³/mol. The van der Waals surface area contributed by atoms with Crippen LogP contribution in [0.4, 0.5) is 23.2 Å². The minimum Gasteiger partial charge on any atom is -0.330 e. The zero-order valence-electron chi connectivity index (χ0n) is 21.2. The molecule has 1 aliphatic carbocycles. The lowest BCUT2D eigenvalue weighted by Crippen LogP contribution is -2.43. The second-order valence-corrected chi connectivity index (χ2v) is 11.9. The van der Waals surface area contributed by atoms with Crippen LogP contribution in [0, 0.1) is 5.92 Å². The molecule has 4 rings (SSSR count). The fourth-order valence-corrected chi connectivity index (χ4v) is 6.43. The summed E-state index contributed by atoms with van der Waals surface area (Å²) in [5.74, 6) is -1.91. The van der Waals surface area contributed by atoms with E-state index in [0.717, 1.165) is 32.1 Å². The Bertz CT molecular complexity index is 1250. The highest BCUT2D eigenvalue weighted by Crippen LogP contribution is 2.30. The average molecular weight is 556 g/mol. The van der Waals surface area contributed by atoms with E-state index in [1.165, 1.54) is 12.1 Å². The molecule has 1 aliphatic heterocycles. The van der Waals surface area contributed by atoms with Gasteiger partial charge in [0.25, 0.3) is 10.0 Å². The maximum atomic E-state index is 15.0. The summed E-state index contributed by atoms with van der Waals surface area (Å²) in [7, 11) is -4.08. The number of anilines is 1. The van der Waals surface area contributed by atoms with E-state index in [1.807, 2.05) is 0 Å². The molecule has 0 saturated heterocycles. The number of nitrogens with one attached hydrogen (secondary N) is 2. The average Bonchev–Trinajstić information content (AvgIpc) is 2.90. The number of carbonyl (C=O) groups excluding carboxylic acids is 1. The molecule has 11 heteroatoms. The highest BCUT2D eigenvalue weighted by Gasteiger charge is 2.43. The maximum absolute atomic E-state index is 15.0. The Morgan fingerprint density at radius 1 is 1.08 bits per heavy atom. The molecule has 0 bridgehead atoms. The van der Waals surface area contributed by atoms with Gasteiger partial charge in [0.2, 0.25) is 0 Å². The SMILES string of the molecule is CC(NCc1ccccc1NS(=O)(=O)c1ccc2c(c1)CN(C(=O)C(F)(F)F)CC2)C(F)C1CCCCC1. The molecule has 2 aliphatic rings. The van der Waals surface area contributed by atoms with E-state index in [0.29, 0.717) is 27.3 Å². The Hall–Kier alpha value is -2.66. The normalized spacial score (nSPS) is 18.5. The van der Waals surface area contributed by atoms with Gasteiger partial charge in [-0.1, -0.05) is 43.5 Å². The van der Waals surface area contributed by atoms with E-state index in [4.69, 9.17) is 0 Å². The van der Waals surface area contributed by atoms with Crippen molar-refractivity contribution < 1.29 is 30.8 Å². The van der Waals surface area contributed by atoms with Gasteiger partial charge in [0.15, 0.2) is 0 Å². The standard InChI is InChI=1S/C27H33F4N3O3S/c1-18(25(28)20-7-3-2-4-8-20)32-16-21-9-5-6-10-24(21)33-38(36,37)23-12-11-19-13-14-34(17-22(19)15-23)26(35)27(29,30)31/h5-6,9-12,15,18,20,25,32-33H,2-4,7-8,13-14,16-17H2,1H3. The zero-order valence-corrected chi connectivity index (χ0v) is 22.0. The van der Waals surface area contributed by atoms with Crippen molar-refractivity contribution in [1.29, 1.82) is 0 Å². The summed E-state index contributed by atoms with van der Waals surface area (Å²) in [6, 6.07) is 10.7. The first-order chi connectivity index (χ1) is 18.0. The molecule has 2 aromatic rings. The predicted octanol–water partition coefficient (Wildman–Crippen LogP) is 5.33. The number of amides is 1. The van der Waals surface area contributed by atoms with Gasteiger partial charge in [0.1, 0.15) is 6.17 Å². The smallest absolute Gasteiger partial charge is 0.330 e. The van der Waals surface area contributed by atoms with Crippen LogP contribution in [0.1, 0.15) is 55.7 Å². The topological polar surface area (TPSA) is 78.5 Å². The second kappa shape index (κ2) is 11.6. The summed E-state index contributed by atoms with van der Waals surface area (Å²) in [6.07, 6.45) is -0.779. The number of benzene rings is 2. The van der Waals surface area contributed by atoms with Crippen molar-refractivity contribution in [3.05, 3.63) is 59.2 Å². The van der Waals surface area contributed by atoms with Crippen LogP contribution in [0.25, 0.3) is 0 Å². The van der Waals surface area contributed by atoms with E-state index in [1.54, 1.807) is 37.3 Å². The lowest BCUT2D eigenvalue weighted by Gasteiger charge is -2.30. The fraction of sp³-hybridized carbons (Fsp3) is 0.519. The number of sulfonamides is 1. The van der Waals surface area contributed by atoms with E-state index in [-0.39, 0.29) is 36.9 Å². The third-order valence-corrected chi connectivity index (χ3v) is 8.85. The molecule has 1 heterocycles. The van der Waals surface area contributed by atoms with Gasteiger partial charge < -0.3 is 10.2 Å². The van der Waals surface area contributed by atoms with Gasteiger partial charge in [-0.05, 0) is 67.0 Å². The van der Waals surface area contributed by atoms with Gasteiger partial charge >= 0.3 is 12.1 Å². The van der Waals surface area contributed by atoms with Crippen LogP contribution in [0.2, 0.25) is 0 Å². The number of halogens is 4. The highest BCUT2D eigenvalue weighted by atomic mass is 32.2.